The van der Waals surface area contributed by atoms with Gasteiger partial charge in [0.25, 0.3) is 0 Å². The van der Waals surface area contributed by atoms with Crippen LogP contribution in [-0.2, 0) is 17.6 Å². The van der Waals surface area contributed by atoms with Crippen molar-refractivity contribution in [2.45, 2.75) is 58.5 Å². The second-order valence-electron chi connectivity index (χ2n) is 6.88. The number of aryl methyl sites for hydroxylation is 2. The van der Waals surface area contributed by atoms with E-state index in [1.807, 2.05) is 18.2 Å². The van der Waals surface area contributed by atoms with Gasteiger partial charge in [0.2, 0.25) is 0 Å². The van der Waals surface area contributed by atoms with Gasteiger partial charge in [-0.2, -0.15) is 0 Å². The summed E-state index contributed by atoms with van der Waals surface area (Å²) in [6.45, 7) is 4.22. The molecule has 0 bridgehead atoms. The van der Waals surface area contributed by atoms with Crippen LogP contribution in [-0.4, -0.2) is 12.2 Å². The van der Waals surface area contributed by atoms with Crippen LogP contribution in [0.1, 0.15) is 50.7 Å². The summed E-state index contributed by atoms with van der Waals surface area (Å²) in [4.78, 5) is 12.3. The van der Waals surface area contributed by atoms with Gasteiger partial charge in [0, 0.05) is 17.1 Å². The van der Waals surface area contributed by atoms with E-state index in [2.05, 4.69) is 48.7 Å². The number of anilines is 3. The number of ether oxygens (including phenoxy) is 1. The van der Waals surface area contributed by atoms with Crippen molar-refractivity contribution in [2.24, 2.45) is 0 Å². The van der Waals surface area contributed by atoms with Crippen LogP contribution in [0.2, 0.25) is 0 Å². The number of nitrogens with one attached hydrogen (secondary N) is 2. The zero-order valence-electron chi connectivity index (χ0n) is 15.7. The van der Waals surface area contributed by atoms with Crippen LogP contribution >= 0.6 is 0 Å². The summed E-state index contributed by atoms with van der Waals surface area (Å²) in [5.74, 6) is 0. The van der Waals surface area contributed by atoms with E-state index >= 15 is 0 Å². The summed E-state index contributed by atoms with van der Waals surface area (Å²) < 4.78 is 5.59. The van der Waals surface area contributed by atoms with Crippen LogP contribution in [0.3, 0.4) is 0 Å². The number of carbonyl (C=O) groups excluding carboxylic acids is 1. The third-order valence-corrected chi connectivity index (χ3v) is 4.80. The monoisotopic (exact) mass is 352 g/mol. The number of hydrogen-bond donors (Lipinski definition) is 2. The first kappa shape index (κ1) is 18.3. The Morgan fingerprint density at radius 3 is 2.46 bits per heavy atom. The quantitative estimate of drug-likeness (QED) is 0.666. The molecule has 138 valence electrons. The van der Waals surface area contributed by atoms with E-state index in [4.69, 9.17) is 4.74 Å². The summed E-state index contributed by atoms with van der Waals surface area (Å²) in [7, 11) is 0. The lowest BCUT2D eigenvalue weighted by atomic mass is 10.0. The Morgan fingerprint density at radius 1 is 1.04 bits per heavy atom. The predicted octanol–water partition coefficient (Wildman–Crippen LogP) is 6.05. The summed E-state index contributed by atoms with van der Waals surface area (Å²) in [6, 6.07) is 14.4. The Balaban J connectivity index is 1.69. The third-order valence-electron chi connectivity index (χ3n) is 4.80. The van der Waals surface area contributed by atoms with Crippen LogP contribution in [0.25, 0.3) is 0 Å². The Labute approximate surface area is 156 Å². The lowest BCUT2D eigenvalue weighted by Gasteiger charge is -2.17. The van der Waals surface area contributed by atoms with Gasteiger partial charge < -0.3 is 10.1 Å². The molecule has 0 radical (unpaired) electrons. The van der Waals surface area contributed by atoms with E-state index in [1.165, 1.54) is 11.1 Å². The largest absolute Gasteiger partial charge is 0.446 e. The fraction of sp³-hybridized carbons (Fsp3) is 0.409. The normalized spacial score (nSPS) is 12.6. The van der Waals surface area contributed by atoms with E-state index in [0.717, 1.165) is 55.6 Å². The van der Waals surface area contributed by atoms with E-state index in [1.54, 1.807) is 0 Å². The maximum absolute atomic E-state index is 12.3. The molecule has 0 fully saturated rings. The number of fused-ring (bicyclic) bond motifs is 2. The second-order valence-corrected chi connectivity index (χ2v) is 6.88. The third kappa shape index (κ3) is 4.57. The highest BCUT2D eigenvalue weighted by Crippen LogP contribution is 2.31. The molecule has 0 aliphatic carbocycles. The van der Waals surface area contributed by atoms with Crippen LogP contribution in [0.4, 0.5) is 21.9 Å². The van der Waals surface area contributed by atoms with E-state index in [-0.39, 0.29) is 12.2 Å². The summed E-state index contributed by atoms with van der Waals surface area (Å²) >= 11 is 0. The maximum atomic E-state index is 12.3. The number of para-hydroxylation sites is 1. The number of benzene rings is 2. The van der Waals surface area contributed by atoms with Gasteiger partial charge in [-0.1, -0.05) is 51.0 Å². The molecule has 4 nitrogen and oxygen atoms in total. The molecule has 0 aromatic heterocycles. The standard InChI is InChI=1S/C22H28N2O2/c1-3-7-19(8-4-2)26-22(25)23-18-14-13-17-12-11-16-9-5-6-10-20(16)24-21(17)15-18/h5-6,9-10,13-15,19,24H,3-4,7-8,11-12H2,1-2H3,(H,23,25). The van der Waals surface area contributed by atoms with Crippen molar-refractivity contribution < 1.29 is 9.53 Å². The first-order valence-corrected chi connectivity index (χ1v) is 9.65. The molecule has 26 heavy (non-hydrogen) atoms. The lowest BCUT2D eigenvalue weighted by molar-refractivity contribution is 0.0988. The van der Waals surface area contributed by atoms with Crippen molar-refractivity contribution in [1.82, 2.24) is 0 Å². The number of amides is 1. The van der Waals surface area contributed by atoms with Crippen molar-refractivity contribution >= 4 is 23.2 Å². The molecule has 2 aromatic rings. The lowest BCUT2D eigenvalue weighted by Crippen LogP contribution is -2.22. The van der Waals surface area contributed by atoms with Crippen molar-refractivity contribution in [3.8, 4) is 0 Å². The highest BCUT2D eigenvalue weighted by molar-refractivity contribution is 5.86. The minimum Gasteiger partial charge on any atom is -0.446 e. The highest BCUT2D eigenvalue weighted by Gasteiger charge is 2.15. The first-order chi connectivity index (χ1) is 12.7. The molecule has 0 unspecified atom stereocenters. The maximum Gasteiger partial charge on any atom is 0.411 e. The van der Waals surface area contributed by atoms with Crippen LogP contribution < -0.4 is 10.6 Å². The summed E-state index contributed by atoms with van der Waals surface area (Å²) in [5.41, 5.74) is 5.52. The summed E-state index contributed by atoms with van der Waals surface area (Å²) in [5, 5.41) is 6.39. The molecule has 0 saturated heterocycles. The average Bonchev–Trinajstić information content (AvgIpc) is 2.80. The second kappa shape index (κ2) is 8.75. The number of hydrogen-bond acceptors (Lipinski definition) is 3. The van der Waals surface area contributed by atoms with Gasteiger partial charge in [-0.15, -0.1) is 0 Å². The van der Waals surface area contributed by atoms with Crippen molar-refractivity contribution in [3.05, 3.63) is 53.6 Å². The van der Waals surface area contributed by atoms with Gasteiger partial charge in [0.15, 0.2) is 0 Å². The van der Waals surface area contributed by atoms with Crippen molar-refractivity contribution in [2.75, 3.05) is 10.6 Å². The highest BCUT2D eigenvalue weighted by atomic mass is 16.6. The first-order valence-electron chi connectivity index (χ1n) is 9.65. The van der Waals surface area contributed by atoms with Crippen LogP contribution in [0.15, 0.2) is 42.5 Å². The zero-order valence-corrected chi connectivity index (χ0v) is 15.7. The fourth-order valence-electron chi connectivity index (χ4n) is 3.47. The zero-order chi connectivity index (χ0) is 18.4. The summed E-state index contributed by atoms with van der Waals surface area (Å²) in [6.07, 6.45) is 5.47. The van der Waals surface area contributed by atoms with Crippen LogP contribution in [0, 0.1) is 0 Å². The van der Waals surface area contributed by atoms with E-state index in [0.29, 0.717) is 0 Å². The Hall–Kier alpha value is -2.49. The molecule has 0 spiro atoms. The molecule has 3 rings (SSSR count). The SMILES string of the molecule is CCCC(CCC)OC(=O)Nc1ccc2c(c1)Nc1ccccc1CC2. The fourth-order valence-corrected chi connectivity index (χ4v) is 3.47. The average molecular weight is 352 g/mol. The van der Waals surface area contributed by atoms with Gasteiger partial charge in [-0.25, -0.2) is 4.79 Å². The van der Waals surface area contributed by atoms with Crippen molar-refractivity contribution in [1.29, 1.82) is 0 Å². The van der Waals surface area contributed by atoms with Gasteiger partial charge in [-0.05, 0) is 55.0 Å². The molecule has 1 aliphatic rings. The van der Waals surface area contributed by atoms with Gasteiger partial charge in [-0.3, -0.25) is 5.32 Å². The molecule has 4 heteroatoms. The topological polar surface area (TPSA) is 50.4 Å². The van der Waals surface area contributed by atoms with E-state index < -0.39 is 0 Å². The van der Waals surface area contributed by atoms with Crippen LogP contribution in [0.5, 0.6) is 0 Å². The smallest absolute Gasteiger partial charge is 0.411 e. The molecular formula is C22H28N2O2. The Kier molecular flexibility index (Phi) is 6.16. The molecular weight excluding hydrogens is 324 g/mol. The van der Waals surface area contributed by atoms with Crippen molar-refractivity contribution in [3.63, 3.8) is 0 Å². The van der Waals surface area contributed by atoms with Gasteiger partial charge in [0.05, 0.1) is 0 Å². The molecule has 0 saturated carbocycles. The molecule has 0 atom stereocenters. The minimum atomic E-state index is -0.370. The van der Waals surface area contributed by atoms with E-state index in [9.17, 15) is 4.79 Å². The molecule has 2 aromatic carbocycles. The minimum absolute atomic E-state index is 0.00386. The van der Waals surface area contributed by atoms with Gasteiger partial charge >= 0.3 is 6.09 Å². The van der Waals surface area contributed by atoms with Gasteiger partial charge in [0.1, 0.15) is 6.10 Å². The Bertz CT molecular complexity index is 752. The molecule has 1 amide bonds. The Morgan fingerprint density at radius 2 is 1.73 bits per heavy atom. The molecule has 1 aliphatic heterocycles. The molecule has 1 heterocycles. The molecule has 2 N–H and O–H groups in total. The number of carbonyl (C=O) groups is 1. The number of rotatable bonds is 6. The predicted molar refractivity (Wildman–Crippen MR) is 107 cm³/mol.